The van der Waals surface area contributed by atoms with Gasteiger partial charge in [-0.3, -0.25) is 19.7 Å². The Hall–Kier alpha value is -2.22. The Morgan fingerprint density at radius 1 is 1.11 bits per heavy atom. The predicted octanol–water partition coefficient (Wildman–Crippen LogP) is 5.65. The molecule has 0 spiro atoms. The molecule has 2 heterocycles. The molecule has 3 fully saturated rings. The average Bonchev–Trinajstić information content (AvgIpc) is 3.31. The van der Waals surface area contributed by atoms with Crippen molar-refractivity contribution in [1.29, 1.82) is 0 Å². The summed E-state index contributed by atoms with van der Waals surface area (Å²) in [6, 6.07) is 12.0. The van der Waals surface area contributed by atoms with Crippen molar-refractivity contribution in [3.05, 3.63) is 63.1 Å². The van der Waals surface area contributed by atoms with Gasteiger partial charge in [-0.1, -0.05) is 77.8 Å². The van der Waals surface area contributed by atoms with Crippen LogP contribution in [0.25, 0.3) is 0 Å². The van der Waals surface area contributed by atoms with Crippen LogP contribution in [0.15, 0.2) is 46.9 Å². The number of halogens is 2. The summed E-state index contributed by atoms with van der Waals surface area (Å²) in [4.78, 5) is 42.0. The van der Waals surface area contributed by atoms with Crippen LogP contribution in [-0.4, -0.2) is 28.4 Å². The SMILES string of the molecule is Cc1ccc(N2C(=O)C3C(c4ccc(Br)cc4)NC(CC4CCCCC4)(C(=O)O)C3C2=O)cc1Cl. The molecule has 2 amide bonds. The maximum absolute atomic E-state index is 13.9. The molecule has 0 aromatic heterocycles. The number of nitrogens with zero attached hydrogens (tertiary/aromatic N) is 1. The van der Waals surface area contributed by atoms with E-state index >= 15 is 0 Å². The van der Waals surface area contributed by atoms with E-state index in [0.29, 0.717) is 17.1 Å². The molecule has 2 saturated heterocycles. The first-order chi connectivity index (χ1) is 16.7. The van der Waals surface area contributed by atoms with E-state index in [1.807, 2.05) is 31.2 Å². The Balaban J connectivity index is 1.61. The monoisotopic (exact) mass is 558 g/mol. The number of nitrogens with one attached hydrogen (secondary N) is 1. The van der Waals surface area contributed by atoms with E-state index in [9.17, 15) is 19.5 Å². The molecule has 0 radical (unpaired) electrons. The maximum Gasteiger partial charge on any atom is 0.324 e. The lowest BCUT2D eigenvalue weighted by Crippen LogP contribution is -2.57. The van der Waals surface area contributed by atoms with Crippen molar-refractivity contribution in [1.82, 2.24) is 5.32 Å². The number of benzene rings is 2. The molecule has 1 aliphatic carbocycles. The highest BCUT2D eigenvalue weighted by Gasteiger charge is 2.68. The number of carboxylic acids is 1. The van der Waals surface area contributed by atoms with Gasteiger partial charge in [0.2, 0.25) is 11.8 Å². The number of aryl methyl sites for hydroxylation is 1. The molecule has 2 N–H and O–H groups in total. The van der Waals surface area contributed by atoms with Gasteiger partial charge in [0.05, 0.1) is 17.5 Å². The summed E-state index contributed by atoms with van der Waals surface area (Å²) in [5, 5.41) is 14.4. The van der Waals surface area contributed by atoms with Crippen LogP contribution in [-0.2, 0) is 14.4 Å². The number of carbonyl (C=O) groups excluding carboxylic acids is 2. The summed E-state index contributed by atoms with van der Waals surface area (Å²) in [6.45, 7) is 1.85. The third-order valence-corrected chi connectivity index (χ3v) is 8.95. The van der Waals surface area contributed by atoms with Crippen molar-refractivity contribution in [3.63, 3.8) is 0 Å². The molecule has 2 aromatic carbocycles. The number of amides is 2. The van der Waals surface area contributed by atoms with E-state index in [2.05, 4.69) is 21.2 Å². The average molecular weight is 560 g/mol. The zero-order valence-corrected chi connectivity index (χ0v) is 21.8. The summed E-state index contributed by atoms with van der Waals surface area (Å²) < 4.78 is 0.882. The van der Waals surface area contributed by atoms with E-state index in [-0.39, 0.29) is 11.8 Å². The van der Waals surface area contributed by atoms with Crippen LogP contribution in [0.1, 0.15) is 55.7 Å². The number of rotatable bonds is 5. The molecule has 3 aliphatic rings. The van der Waals surface area contributed by atoms with Crippen molar-refractivity contribution in [2.45, 2.75) is 57.0 Å². The maximum atomic E-state index is 13.9. The van der Waals surface area contributed by atoms with Gasteiger partial charge >= 0.3 is 5.97 Å². The molecule has 35 heavy (non-hydrogen) atoms. The van der Waals surface area contributed by atoms with Crippen molar-refractivity contribution in [2.24, 2.45) is 17.8 Å². The summed E-state index contributed by atoms with van der Waals surface area (Å²) in [7, 11) is 0. The second kappa shape index (κ2) is 9.34. The Bertz CT molecular complexity index is 1180. The number of imide groups is 1. The van der Waals surface area contributed by atoms with Crippen molar-refractivity contribution >= 4 is 51.0 Å². The lowest BCUT2D eigenvalue weighted by Gasteiger charge is -2.35. The van der Waals surface area contributed by atoms with Crippen LogP contribution in [0.2, 0.25) is 5.02 Å². The highest BCUT2D eigenvalue weighted by molar-refractivity contribution is 9.10. The summed E-state index contributed by atoms with van der Waals surface area (Å²) >= 11 is 9.76. The van der Waals surface area contributed by atoms with Gasteiger partial charge in [0.1, 0.15) is 5.54 Å². The number of aliphatic carboxylic acids is 1. The second-order valence-corrected chi connectivity index (χ2v) is 11.4. The third-order valence-electron chi connectivity index (χ3n) is 8.01. The van der Waals surface area contributed by atoms with Gasteiger partial charge in [0.15, 0.2) is 0 Å². The van der Waals surface area contributed by atoms with E-state index in [1.165, 1.54) is 0 Å². The summed E-state index contributed by atoms with van der Waals surface area (Å²) in [5.74, 6) is -3.53. The Morgan fingerprint density at radius 2 is 1.80 bits per heavy atom. The summed E-state index contributed by atoms with van der Waals surface area (Å²) in [6.07, 6.45) is 5.48. The molecule has 4 atom stereocenters. The Labute approximate surface area is 218 Å². The van der Waals surface area contributed by atoms with Gasteiger partial charge in [-0.05, 0) is 54.7 Å². The van der Waals surface area contributed by atoms with E-state index < -0.39 is 35.3 Å². The largest absolute Gasteiger partial charge is 0.480 e. The minimum Gasteiger partial charge on any atom is -0.480 e. The standard InChI is InChI=1S/C27H28BrClN2O4/c1-15-7-12-19(13-20(15)29)31-24(32)21-22(25(31)33)27(26(34)35,14-16-5-3-2-4-6-16)30-23(21)17-8-10-18(28)11-9-17/h7-13,16,21-23,30H,2-6,14H2,1H3,(H,34,35). The minimum absolute atomic E-state index is 0.197. The zero-order chi connectivity index (χ0) is 24.9. The van der Waals surface area contributed by atoms with Crippen LogP contribution in [0, 0.1) is 24.7 Å². The fourth-order valence-corrected chi connectivity index (χ4v) is 6.69. The highest BCUT2D eigenvalue weighted by Crippen LogP contribution is 2.52. The van der Waals surface area contributed by atoms with Crippen LogP contribution < -0.4 is 10.2 Å². The third kappa shape index (κ3) is 4.11. The van der Waals surface area contributed by atoms with Crippen LogP contribution in [0.4, 0.5) is 5.69 Å². The fraction of sp³-hybridized carbons (Fsp3) is 0.444. The van der Waals surface area contributed by atoms with Crippen molar-refractivity contribution in [2.75, 3.05) is 4.90 Å². The first-order valence-electron chi connectivity index (χ1n) is 12.1. The van der Waals surface area contributed by atoms with E-state index in [1.54, 1.807) is 18.2 Å². The van der Waals surface area contributed by atoms with Crippen molar-refractivity contribution in [3.8, 4) is 0 Å². The Kier molecular flexibility index (Phi) is 6.53. The van der Waals surface area contributed by atoms with E-state index in [0.717, 1.165) is 52.6 Å². The first-order valence-corrected chi connectivity index (χ1v) is 13.3. The van der Waals surface area contributed by atoms with Gasteiger partial charge in [0.25, 0.3) is 0 Å². The summed E-state index contributed by atoms with van der Waals surface area (Å²) in [5.41, 5.74) is 0.498. The number of fused-ring (bicyclic) bond motifs is 1. The van der Waals surface area contributed by atoms with Crippen molar-refractivity contribution < 1.29 is 19.5 Å². The smallest absolute Gasteiger partial charge is 0.324 e. The molecule has 1 saturated carbocycles. The van der Waals surface area contributed by atoms with Gasteiger partial charge in [-0.25, -0.2) is 4.90 Å². The van der Waals surface area contributed by atoms with Crippen LogP contribution in [0.5, 0.6) is 0 Å². The number of hydrogen-bond donors (Lipinski definition) is 2. The van der Waals surface area contributed by atoms with Crippen LogP contribution >= 0.6 is 27.5 Å². The number of anilines is 1. The molecule has 8 heteroatoms. The van der Waals surface area contributed by atoms with Gasteiger partial charge in [-0.2, -0.15) is 0 Å². The molecular formula is C27H28BrClN2O4. The normalized spacial score (nSPS) is 29.0. The fourth-order valence-electron chi connectivity index (χ4n) is 6.25. The molecule has 2 aromatic rings. The molecule has 2 aliphatic heterocycles. The lowest BCUT2D eigenvalue weighted by atomic mass is 9.72. The molecule has 184 valence electrons. The topological polar surface area (TPSA) is 86.7 Å². The molecular weight excluding hydrogens is 532 g/mol. The quantitative estimate of drug-likeness (QED) is 0.462. The molecule has 4 unspecified atom stereocenters. The second-order valence-electron chi connectivity index (χ2n) is 10.1. The van der Waals surface area contributed by atoms with Gasteiger partial charge < -0.3 is 5.11 Å². The lowest BCUT2D eigenvalue weighted by molar-refractivity contribution is -0.150. The molecule has 6 nitrogen and oxygen atoms in total. The number of carboxylic acid groups (broad SMARTS) is 1. The Morgan fingerprint density at radius 3 is 2.43 bits per heavy atom. The number of hydrogen-bond acceptors (Lipinski definition) is 4. The predicted molar refractivity (Wildman–Crippen MR) is 137 cm³/mol. The molecule has 5 rings (SSSR count). The highest BCUT2D eigenvalue weighted by atomic mass is 79.9. The molecule has 0 bridgehead atoms. The van der Waals surface area contributed by atoms with Crippen LogP contribution in [0.3, 0.4) is 0 Å². The number of carbonyl (C=O) groups is 3. The zero-order valence-electron chi connectivity index (χ0n) is 19.5. The minimum atomic E-state index is -1.51. The first kappa shape index (κ1) is 24.5. The van der Waals surface area contributed by atoms with E-state index in [4.69, 9.17) is 11.6 Å². The van der Waals surface area contributed by atoms with Gasteiger partial charge in [-0.15, -0.1) is 0 Å². The van der Waals surface area contributed by atoms with Gasteiger partial charge in [0, 0.05) is 15.5 Å².